The van der Waals surface area contributed by atoms with E-state index >= 15 is 0 Å². The maximum Gasteiger partial charge on any atom is 0.318 e. The number of hydrogen-bond donors (Lipinski definition) is 3. The summed E-state index contributed by atoms with van der Waals surface area (Å²) in [4.78, 5) is 34.7. The van der Waals surface area contributed by atoms with E-state index in [-0.39, 0.29) is 29.9 Å². The van der Waals surface area contributed by atoms with Crippen molar-refractivity contribution in [3.8, 4) is 5.75 Å². The molecule has 3 N–H and O–H groups in total. The standard InChI is InChI=1S/C19H19N9O5.ClH/c1-26(2)19-23-17(20-10-12-6-4-3-5-7-12)22-18(24-19)25-21-11-13-8-14(27(30)31)9-15(16(13)29)28(32)33;/h3-9,11,29H,10H2,1-2H3,(H2,20,22,23,24,25);1H. The quantitative estimate of drug-likeness (QED) is 0.228. The van der Waals surface area contributed by atoms with Crippen LogP contribution in [-0.2, 0) is 6.54 Å². The lowest BCUT2D eigenvalue weighted by Gasteiger charge is -2.13. The fraction of sp³-hybridized carbons (Fsp3) is 0.158. The van der Waals surface area contributed by atoms with Gasteiger partial charge < -0.3 is 15.3 Å². The molecule has 34 heavy (non-hydrogen) atoms. The number of aromatic hydroxyl groups is 1. The Morgan fingerprint density at radius 3 is 2.35 bits per heavy atom. The van der Waals surface area contributed by atoms with Crippen LogP contribution in [0.1, 0.15) is 11.1 Å². The van der Waals surface area contributed by atoms with Crippen LogP contribution in [0.25, 0.3) is 0 Å². The molecule has 0 saturated heterocycles. The van der Waals surface area contributed by atoms with Crippen LogP contribution in [0.4, 0.5) is 29.2 Å². The Labute approximate surface area is 199 Å². The lowest BCUT2D eigenvalue weighted by atomic mass is 10.1. The van der Waals surface area contributed by atoms with E-state index in [2.05, 4.69) is 30.8 Å². The molecule has 1 aromatic heterocycles. The number of hydrazone groups is 1. The van der Waals surface area contributed by atoms with Crippen molar-refractivity contribution in [2.75, 3.05) is 29.7 Å². The van der Waals surface area contributed by atoms with Crippen molar-refractivity contribution in [2.45, 2.75) is 6.54 Å². The lowest BCUT2D eigenvalue weighted by Crippen LogP contribution is -2.16. The van der Waals surface area contributed by atoms with Crippen LogP contribution in [0, 0.1) is 20.2 Å². The predicted molar refractivity (Wildman–Crippen MR) is 128 cm³/mol. The smallest absolute Gasteiger partial charge is 0.318 e. The fourth-order valence-corrected chi connectivity index (χ4v) is 2.60. The number of nitro benzene ring substituents is 2. The van der Waals surface area contributed by atoms with Crippen LogP contribution in [0.5, 0.6) is 5.75 Å². The summed E-state index contributed by atoms with van der Waals surface area (Å²) in [7, 11) is 3.48. The van der Waals surface area contributed by atoms with Crippen LogP contribution < -0.4 is 15.6 Å². The molecule has 178 valence electrons. The molecule has 0 amide bonds. The molecule has 0 atom stereocenters. The molecule has 0 bridgehead atoms. The molecule has 0 fully saturated rings. The lowest BCUT2D eigenvalue weighted by molar-refractivity contribution is -0.394. The molecule has 0 unspecified atom stereocenters. The molecule has 3 aromatic rings. The van der Waals surface area contributed by atoms with Crippen molar-refractivity contribution >= 4 is 47.8 Å². The largest absolute Gasteiger partial charge is 0.502 e. The number of non-ortho nitro benzene ring substituents is 1. The average molecular weight is 490 g/mol. The van der Waals surface area contributed by atoms with Gasteiger partial charge in [0.2, 0.25) is 23.6 Å². The zero-order valence-electron chi connectivity index (χ0n) is 17.9. The third-order valence-electron chi connectivity index (χ3n) is 4.20. The molecule has 2 aromatic carbocycles. The summed E-state index contributed by atoms with van der Waals surface area (Å²) in [5.74, 6) is -0.123. The Balaban J connectivity index is 0.00000408. The normalized spacial score (nSPS) is 10.4. The van der Waals surface area contributed by atoms with Crippen molar-refractivity contribution in [3.05, 3.63) is 73.8 Å². The van der Waals surface area contributed by atoms with Crippen LogP contribution in [0.2, 0.25) is 0 Å². The second kappa shape index (κ2) is 11.3. The van der Waals surface area contributed by atoms with Crippen LogP contribution in [0.3, 0.4) is 0 Å². The van der Waals surface area contributed by atoms with Gasteiger partial charge in [0.1, 0.15) is 0 Å². The van der Waals surface area contributed by atoms with Gasteiger partial charge in [-0.1, -0.05) is 30.3 Å². The van der Waals surface area contributed by atoms with E-state index in [1.54, 1.807) is 19.0 Å². The maximum absolute atomic E-state index is 11.1. The molecule has 0 aliphatic heterocycles. The highest BCUT2D eigenvalue weighted by molar-refractivity contribution is 5.87. The van der Waals surface area contributed by atoms with Gasteiger partial charge in [0.05, 0.1) is 27.7 Å². The highest BCUT2D eigenvalue weighted by Crippen LogP contribution is 2.33. The minimum atomic E-state index is -0.923. The number of aromatic nitrogens is 3. The number of phenolic OH excluding ortho intramolecular Hbond substituents is 1. The van der Waals surface area contributed by atoms with E-state index < -0.39 is 27.0 Å². The second-order valence-electron chi connectivity index (χ2n) is 6.80. The van der Waals surface area contributed by atoms with Crippen molar-refractivity contribution in [1.82, 2.24) is 15.0 Å². The van der Waals surface area contributed by atoms with E-state index in [1.165, 1.54) is 0 Å². The molecule has 0 aliphatic carbocycles. The van der Waals surface area contributed by atoms with Gasteiger partial charge >= 0.3 is 5.69 Å². The summed E-state index contributed by atoms with van der Waals surface area (Å²) in [6.07, 6.45) is 0.992. The summed E-state index contributed by atoms with van der Waals surface area (Å²) >= 11 is 0. The molecule has 14 nitrogen and oxygen atoms in total. The Bertz CT molecular complexity index is 1210. The Morgan fingerprint density at radius 2 is 1.74 bits per heavy atom. The Kier molecular flexibility index (Phi) is 8.55. The first kappa shape index (κ1) is 25.7. The van der Waals surface area contributed by atoms with Crippen LogP contribution in [-0.4, -0.2) is 50.2 Å². The molecular formula is C19H20ClN9O5. The van der Waals surface area contributed by atoms with Gasteiger partial charge in [-0.25, -0.2) is 5.43 Å². The summed E-state index contributed by atoms with van der Waals surface area (Å²) in [5, 5.41) is 39.1. The Morgan fingerprint density at radius 1 is 1.06 bits per heavy atom. The topological polar surface area (TPSA) is 185 Å². The van der Waals surface area contributed by atoms with Crippen LogP contribution >= 0.6 is 12.4 Å². The minimum absolute atomic E-state index is 0. The fourth-order valence-electron chi connectivity index (χ4n) is 2.60. The van der Waals surface area contributed by atoms with Gasteiger partial charge in [-0.2, -0.15) is 20.1 Å². The van der Waals surface area contributed by atoms with Crippen molar-refractivity contribution in [1.29, 1.82) is 0 Å². The zero-order chi connectivity index (χ0) is 24.0. The second-order valence-corrected chi connectivity index (χ2v) is 6.80. The number of rotatable bonds is 9. The molecule has 3 rings (SSSR count). The number of nitro groups is 2. The first-order chi connectivity index (χ1) is 15.7. The molecule has 0 radical (unpaired) electrons. The van der Waals surface area contributed by atoms with Gasteiger partial charge in [-0.15, -0.1) is 12.4 Å². The predicted octanol–water partition coefficient (Wildman–Crippen LogP) is 2.94. The van der Waals surface area contributed by atoms with Crippen molar-refractivity contribution in [3.63, 3.8) is 0 Å². The monoisotopic (exact) mass is 489 g/mol. The summed E-state index contributed by atoms with van der Waals surface area (Å²) in [6, 6.07) is 11.2. The SMILES string of the molecule is CN(C)c1nc(NCc2ccccc2)nc(NN=Cc2cc([N+](=O)[O-])cc([N+](=O)[O-])c2O)n1.Cl. The van der Waals surface area contributed by atoms with Crippen molar-refractivity contribution in [2.24, 2.45) is 5.10 Å². The van der Waals surface area contributed by atoms with Gasteiger partial charge in [0.15, 0.2) is 0 Å². The molecule has 0 aliphatic rings. The number of halogens is 1. The van der Waals surface area contributed by atoms with Gasteiger partial charge in [-0.05, 0) is 5.56 Å². The third kappa shape index (κ3) is 6.46. The van der Waals surface area contributed by atoms with Gasteiger partial charge in [0, 0.05) is 26.7 Å². The van der Waals surface area contributed by atoms with Gasteiger partial charge in [0.25, 0.3) is 5.69 Å². The Hall–Kier alpha value is -4.59. The average Bonchev–Trinajstić information content (AvgIpc) is 2.79. The number of nitrogens with one attached hydrogen (secondary N) is 2. The summed E-state index contributed by atoms with van der Waals surface area (Å²) < 4.78 is 0. The van der Waals surface area contributed by atoms with E-state index in [4.69, 9.17) is 0 Å². The van der Waals surface area contributed by atoms with Gasteiger partial charge in [-0.3, -0.25) is 20.2 Å². The van der Waals surface area contributed by atoms with Crippen LogP contribution in [0.15, 0.2) is 47.6 Å². The number of benzene rings is 2. The van der Waals surface area contributed by atoms with E-state index in [0.717, 1.165) is 17.8 Å². The highest BCUT2D eigenvalue weighted by Gasteiger charge is 2.23. The highest BCUT2D eigenvalue weighted by atomic mass is 35.5. The van der Waals surface area contributed by atoms with E-state index in [1.807, 2.05) is 30.3 Å². The number of nitrogens with zero attached hydrogens (tertiary/aromatic N) is 7. The number of phenols is 1. The first-order valence-corrected chi connectivity index (χ1v) is 9.40. The molecular weight excluding hydrogens is 470 g/mol. The molecule has 1 heterocycles. The summed E-state index contributed by atoms with van der Waals surface area (Å²) in [5.41, 5.74) is 1.95. The summed E-state index contributed by atoms with van der Waals surface area (Å²) in [6.45, 7) is 0.464. The maximum atomic E-state index is 11.1. The number of anilines is 3. The molecule has 0 spiro atoms. The molecule has 0 saturated carbocycles. The third-order valence-corrected chi connectivity index (χ3v) is 4.20. The zero-order valence-corrected chi connectivity index (χ0v) is 18.8. The minimum Gasteiger partial charge on any atom is -0.502 e. The van der Waals surface area contributed by atoms with Crippen molar-refractivity contribution < 1.29 is 15.0 Å². The molecule has 15 heteroatoms. The van der Waals surface area contributed by atoms with E-state index in [9.17, 15) is 25.3 Å². The number of hydrogen-bond acceptors (Lipinski definition) is 12. The first-order valence-electron chi connectivity index (χ1n) is 9.40. The van der Waals surface area contributed by atoms with E-state index in [0.29, 0.717) is 18.6 Å².